The van der Waals surface area contributed by atoms with Crippen molar-refractivity contribution < 1.29 is 9.53 Å². The van der Waals surface area contributed by atoms with Gasteiger partial charge in [0.1, 0.15) is 12.1 Å². The second-order valence-corrected chi connectivity index (χ2v) is 3.15. The third kappa shape index (κ3) is 1.61. The van der Waals surface area contributed by atoms with Crippen LogP contribution in [0.5, 0.6) is 0 Å². The Labute approximate surface area is 92.0 Å². The number of terminal acetylenes is 1. The van der Waals surface area contributed by atoms with E-state index < -0.39 is 5.97 Å². The van der Waals surface area contributed by atoms with E-state index in [-0.39, 0.29) is 0 Å². The third-order valence-corrected chi connectivity index (χ3v) is 2.18. The summed E-state index contributed by atoms with van der Waals surface area (Å²) in [5.41, 5.74) is 1.87. The van der Waals surface area contributed by atoms with Crippen LogP contribution in [0.4, 0.5) is 0 Å². The summed E-state index contributed by atoms with van der Waals surface area (Å²) in [5, 5.41) is 7.81. The van der Waals surface area contributed by atoms with E-state index in [9.17, 15) is 4.79 Å². The topological polar surface area (TPSA) is 57.0 Å². The lowest BCUT2D eigenvalue weighted by molar-refractivity contribution is 0.0601. The Kier molecular flexibility index (Phi) is 2.56. The Balaban J connectivity index is 2.55. The Morgan fingerprint density at radius 1 is 1.62 bits per heavy atom. The Hall–Kier alpha value is -2.35. The van der Waals surface area contributed by atoms with Crippen molar-refractivity contribution in [3.8, 4) is 12.3 Å². The van der Waals surface area contributed by atoms with E-state index in [2.05, 4.69) is 21.0 Å². The molecular formula is C11H9N3O2. The van der Waals surface area contributed by atoms with Gasteiger partial charge in [0.2, 0.25) is 0 Å². The number of methoxy groups -OCH3 is 1. The van der Waals surface area contributed by atoms with Crippen molar-refractivity contribution in [3.63, 3.8) is 0 Å². The molecular weight excluding hydrogens is 206 g/mol. The number of hydrogen-bond donors (Lipinski definition) is 0. The molecule has 80 valence electrons. The molecule has 0 N–H and O–H groups in total. The summed E-state index contributed by atoms with van der Waals surface area (Å²) >= 11 is 0. The van der Waals surface area contributed by atoms with Gasteiger partial charge in [0.05, 0.1) is 18.2 Å². The minimum Gasteiger partial charge on any atom is -0.465 e. The average molecular weight is 215 g/mol. The van der Waals surface area contributed by atoms with Crippen LogP contribution in [0.2, 0.25) is 0 Å². The van der Waals surface area contributed by atoms with Gasteiger partial charge in [-0.1, -0.05) is 11.1 Å². The molecule has 0 amide bonds. The normalized spacial score (nSPS) is 10.0. The van der Waals surface area contributed by atoms with E-state index in [1.165, 1.54) is 7.11 Å². The van der Waals surface area contributed by atoms with Crippen molar-refractivity contribution in [1.29, 1.82) is 0 Å². The van der Waals surface area contributed by atoms with E-state index in [0.29, 0.717) is 17.6 Å². The van der Waals surface area contributed by atoms with E-state index in [4.69, 9.17) is 6.42 Å². The molecule has 0 spiro atoms. The number of fused-ring (bicyclic) bond motifs is 1. The van der Waals surface area contributed by atoms with Crippen molar-refractivity contribution in [2.45, 2.75) is 6.54 Å². The first-order chi connectivity index (χ1) is 7.76. The molecule has 5 nitrogen and oxygen atoms in total. The van der Waals surface area contributed by atoms with Gasteiger partial charge >= 0.3 is 5.97 Å². The molecule has 2 aromatic rings. The molecule has 0 atom stereocenters. The summed E-state index contributed by atoms with van der Waals surface area (Å²) in [6.45, 7) is 0.321. The zero-order valence-corrected chi connectivity index (χ0v) is 8.67. The van der Waals surface area contributed by atoms with Gasteiger partial charge in [-0.15, -0.1) is 11.5 Å². The molecule has 1 aromatic heterocycles. The number of rotatable bonds is 2. The minimum atomic E-state index is -0.393. The Bertz CT molecular complexity index is 580. The fraction of sp³-hybridized carbons (Fsp3) is 0.182. The van der Waals surface area contributed by atoms with Gasteiger partial charge in [0.25, 0.3) is 0 Å². The van der Waals surface area contributed by atoms with Crippen LogP contribution in [-0.4, -0.2) is 28.1 Å². The quantitative estimate of drug-likeness (QED) is 0.550. The number of carbonyl (C=O) groups excluding carboxylic acids is 1. The number of esters is 1. The number of hydrogen-bond acceptors (Lipinski definition) is 4. The van der Waals surface area contributed by atoms with Gasteiger partial charge in [-0.05, 0) is 18.2 Å². The summed E-state index contributed by atoms with van der Waals surface area (Å²) in [4.78, 5) is 11.3. The van der Waals surface area contributed by atoms with Crippen LogP contribution in [0.25, 0.3) is 11.0 Å². The first kappa shape index (κ1) is 10.2. The van der Waals surface area contributed by atoms with E-state index in [0.717, 1.165) is 5.52 Å². The zero-order valence-electron chi connectivity index (χ0n) is 8.67. The van der Waals surface area contributed by atoms with Crippen LogP contribution in [0.1, 0.15) is 10.4 Å². The minimum absolute atomic E-state index is 0.321. The Morgan fingerprint density at radius 3 is 3.12 bits per heavy atom. The molecule has 1 heterocycles. The number of aromatic nitrogens is 3. The maximum atomic E-state index is 11.3. The molecule has 5 heteroatoms. The van der Waals surface area contributed by atoms with Crippen molar-refractivity contribution >= 4 is 17.0 Å². The fourth-order valence-electron chi connectivity index (χ4n) is 1.41. The standard InChI is InChI=1S/C11H9N3O2/c1-3-6-14-10-7-8(11(15)16-2)4-5-9(10)12-13-14/h1,4-5,7H,6H2,2H3. The summed E-state index contributed by atoms with van der Waals surface area (Å²) in [5.74, 6) is 2.08. The molecule has 0 aliphatic heterocycles. The lowest BCUT2D eigenvalue weighted by atomic mass is 10.2. The number of ether oxygens (including phenoxy) is 1. The maximum Gasteiger partial charge on any atom is 0.337 e. The molecule has 0 aliphatic rings. The molecule has 1 aromatic carbocycles. The summed E-state index contributed by atoms with van der Waals surface area (Å²) in [7, 11) is 1.34. The summed E-state index contributed by atoms with van der Waals surface area (Å²) < 4.78 is 6.19. The molecule has 0 fully saturated rings. The highest BCUT2D eigenvalue weighted by Gasteiger charge is 2.09. The monoisotopic (exact) mass is 215 g/mol. The highest BCUT2D eigenvalue weighted by atomic mass is 16.5. The molecule has 0 aliphatic carbocycles. The largest absolute Gasteiger partial charge is 0.465 e. The van der Waals surface area contributed by atoms with Crippen LogP contribution < -0.4 is 0 Å². The number of benzene rings is 1. The number of nitrogens with zero attached hydrogens (tertiary/aromatic N) is 3. The van der Waals surface area contributed by atoms with Crippen LogP contribution in [0.3, 0.4) is 0 Å². The predicted octanol–water partition coefficient (Wildman–Crippen LogP) is 0.851. The molecule has 0 bridgehead atoms. The SMILES string of the molecule is C#CCn1nnc2ccc(C(=O)OC)cc21. The Morgan fingerprint density at radius 2 is 2.44 bits per heavy atom. The molecule has 16 heavy (non-hydrogen) atoms. The first-order valence-electron chi connectivity index (χ1n) is 4.61. The highest BCUT2D eigenvalue weighted by molar-refractivity contribution is 5.93. The molecule has 0 unspecified atom stereocenters. The summed E-state index contributed by atoms with van der Waals surface area (Å²) in [6, 6.07) is 5.02. The first-order valence-corrected chi connectivity index (χ1v) is 4.61. The van der Waals surface area contributed by atoms with Gasteiger partial charge in [-0.25, -0.2) is 9.48 Å². The smallest absolute Gasteiger partial charge is 0.337 e. The second-order valence-electron chi connectivity index (χ2n) is 3.15. The molecule has 2 rings (SSSR count). The summed E-state index contributed by atoms with van der Waals surface area (Å²) in [6.07, 6.45) is 5.20. The van der Waals surface area contributed by atoms with E-state index in [1.54, 1.807) is 22.9 Å². The van der Waals surface area contributed by atoms with Crippen molar-refractivity contribution in [3.05, 3.63) is 23.8 Å². The van der Waals surface area contributed by atoms with Gasteiger partial charge in [0, 0.05) is 0 Å². The van der Waals surface area contributed by atoms with Crippen LogP contribution in [-0.2, 0) is 11.3 Å². The van der Waals surface area contributed by atoms with Crippen molar-refractivity contribution in [2.24, 2.45) is 0 Å². The fourth-order valence-corrected chi connectivity index (χ4v) is 1.41. The van der Waals surface area contributed by atoms with Gasteiger partial charge < -0.3 is 4.74 Å². The number of carbonyl (C=O) groups is 1. The van der Waals surface area contributed by atoms with Crippen LogP contribution in [0, 0.1) is 12.3 Å². The van der Waals surface area contributed by atoms with Gasteiger partial charge in [-0.3, -0.25) is 0 Å². The second kappa shape index (κ2) is 4.03. The van der Waals surface area contributed by atoms with E-state index >= 15 is 0 Å². The molecule has 0 saturated carbocycles. The maximum absolute atomic E-state index is 11.3. The zero-order chi connectivity index (χ0) is 11.5. The predicted molar refractivity (Wildman–Crippen MR) is 57.7 cm³/mol. The third-order valence-electron chi connectivity index (χ3n) is 2.18. The van der Waals surface area contributed by atoms with Gasteiger partial charge in [0.15, 0.2) is 0 Å². The van der Waals surface area contributed by atoms with Crippen LogP contribution in [0.15, 0.2) is 18.2 Å². The van der Waals surface area contributed by atoms with Gasteiger partial charge in [-0.2, -0.15) is 0 Å². The highest BCUT2D eigenvalue weighted by Crippen LogP contribution is 2.14. The molecule has 0 radical (unpaired) electrons. The van der Waals surface area contributed by atoms with E-state index in [1.807, 2.05) is 0 Å². The lowest BCUT2D eigenvalue weighted by Gasteiger charge is -1.99. The van der Waals surface area contributed by atoms with Crippen LogP contribution >= 0.6 is 0 Å². The molecule has 0 saturated heterocycles. The van der Waals surface area contributed by atoms with Crippen molar-refractivity contribution in [1.82, 2.24) is 15.0 Å². The van der Waals surface area contributed by atoms with Crippen molar-refractivity contribution in [2.75, 3.05) is 7.11 Å². The lowest BCUT2D eigenvalue weighted by Crippen LogP contribution is -2.02. The average Bonchev–Trinajstić information content (AvgIpc) is 2.71.